The van der Waals surface area contributed by atoms with E-state index in [-0.39, 0.29) is 22.5 Å². The smallest absolute Gasteiger partial charge is 0.147 e. The van der Waals surface area contributed by atoms with Crippen molar-refractivity contribution in [2.75, 3.05) is 5.32 Å². The van der Waals surface area contributed by atoms with Gasteiger partial charge in [-0.3, -0.25) is 0 Å². The lowest BCUT2D eigenvalue weighted by Gasteiger charge is -2.08. The maximum Gasteiger partial charge on any atom is 0.147 e. The molecule has 0 radical (unpaired) electrons. The van der Waals surface area contributed by atoms with Crippen LogP contribution in [0, 0.1) is 17.5 Å². The molecule has 0 aliphatic carbocycles. The average molecular weight is 316 g/mol. The molecule has 94 valence electrons. The van der Waals surface area contributed by atoms with E-state index < -0.39 is 11.6 Å². The summed E-state index contributed by atoms with van der Waals surface area (Å²) in [5.74, 6) is -1.43. The van der Waals surface area contributed by atoms with Gasteiger partial charge >= 0.3 is 0 Å². The van der Waals surface area contributed by atoms with Gasteiger partial charge in [-0.15, -0.1) is 0 Å². The molecule has 2 aromatic carbocycles. The summed E-state index contributed by atoms with van der Waals surface area (Å²) in [4.78, 5) is 0. The van der Waals surface area contributed by atoms with E-state index in [4.69, 9.17) is 0 Å². The highest BCUT2D eigenvalue weighted by Crippen LogP contribution is 2.23. The second-order valence-electron chi connectivity index (χ2n) is 3.73. The molecule has 1 nitrogen and oxygen atoms in total. The highest BCUT2D eigenvalue weighted by molar-refractivity contribution is 9.10. The van der Waals surface area contributed by atoms with Crippen LogP contribution in [0.25, 0.3) is 0 Å². The van der Waals surface area contributed by atoms with Crippen molar-refractivity contribution in [1.29, 1.82) is 0 Å². The molecular formula is C13H9BrF3N. The van der Waals surface area contributed by atoms with Crippen molar-refractivity contribution in [2.45, 2.75) is 6.54 Å². The van der Waals surface area contributed by atoms with Crippen LogP contribution >= 0.6 is 15.9 Å². The van der Waals surface area contributed by atoms with E-state index in [2.05, 4.69) is 21.2 Å². The molecule has 0 unspecified atom stereocenters. The highest BCUT2D eigenvalue weighted by atomic mass is 79.9. The number of hydrogen-bond donors (Lipinski definition) is 1. The summed E-state index contributed by atoms with van der Waals surface area (Å²) in [6, 6.07) is 7.92. The Morgan fingerprint density at radius 3 is 2.28 bits per heavy atom. The number of hydrogen-bond acceptors (Lipinski definition) is 1. The summed E-state index contributed by atoms with van der Waals surface area (Å²) in [5, 5.41) is 2.76. The third-order valence-corrected chi connectivity index (χ3v) is 3.01. The van der Waals surface area contributed by atoms with E-state index in [1.807, 2.05) is 0 Å². The van der Waals surface area contributed by atoms with Crippen LogP contribution in [0.4, 0.5) is 18.9 Å². The first kappa shape index (κ1) is 13.0. The number of halogens is 4. The van der Waals surface area contributed by atoms with Gasteiger partial charge in [0.2, 0.25) is 0 Å². The Bertz CT molecular complexity index is 555. The molecule has 0 bridgehead atoms. The van der Waals surface area contributed by atoms with Gasteiger partial charge in [0, 0.05) is 12.6 Å². The number of nitrogens with one attached hydrogen (secondary N) is 1. The van der Waals surface area contributed by atoms with E-state index in [1.165, 1.54) is 12.1 Å². The molecule has 0 saturated carbocycles. The number of rotatable bonds is 3. The minimum atomic E-state index is -0.551. The molecule has 18 heavy (non-hydrogen) atoms. The molecule has 0 heterocycles. The van der Waals surface area contributed by atoms with Gasteiger partial charge in [0.15, 0.2) is 0 Å². The van der Waals surface area contributed by atoms with Crippen LogP contribution in [-0.4, -0.2) is 0 Å². The molecule has 0 aromatic heterocycles. The first-order chi connectivity index (χ1) is 8.56. The summed E-state index contributed by atoms with van der Waals surface area (Å²) in [6.07, 6.45) is 0. The summed E-state index contributed by atoms with van der Waals surface area (Å²) < 4.78 is 39.5. The van der Waals surface area contributed by atoms with Gasteiger partial charge in [0.1, 0.15) is 17.5 Å². The minimum absolute atomic E-state index is 0.0695. The Kier molecular flexibility index (Phi) is 3.91. The predicted molar refractivity (Wildman–Crippen MR) is 67.8 cm³/mol. The lowest BCUT2D eigenvalue weighted by Crippen LogP contribution is -2.02. The van der Waals surface area contributed by atoms with Crippen molar-refractivity contribution < 1.29 is 13.2 Å². The second kappa shape index (κ2) is 5.44. The fourth-order valence-corrected chi connectivity index (χ4v) is 1.77. The lowest BCUT2D eigenvalue weighted by atomic mass is 10.2. The third-order valence-electron chi connectivity index (χ3n) is 2.41. The standard InChI is InChI=1S/C13H9BrF3N/c14-10-5-12(17)13(6-11(10)16)18-7-8-1-3-9(15)4-2-8/h1-6,18H,7H2. The first-order valence-electron chi connectivity index (χ1n) is 5.19. The van der Waals surface area contributed by atoms with Crippen molar-refractivity contribution in [3.63, 3.8) is 0 Å². The maximum atomic E-state index is 13.5. The zero-order valence-corrected chi connectivity index (χ0v) is 10.8. The van der Waals surface area contributed by atoms with Crippen LogP contribution in [0.1, 0.15) is 5.56 Å². The Labute approximate surface area is 111 Å². The first-order valence-corrected chi connectivity index (χ1v) is 5.98. The van der Waals surface area contributed by atoms with Crippen molar-refractivity contribution in [3.8, 4) is 0 Å². The number of anilines is 1. The molecule has 0 atom stereocenters. The average Bonchev–Trinajstić information content (AvgIpc) is 2.34. The van der Waals surface area contributed by atoms with Crippen LogP contribution in [0.5, 0.6) is 0 Å². The van der Waals surface area contributed by atoms with Crippen LogP contribution in [0.15, 0.2) is 40.9 Å². The Hall–Kier alpha value is -1.49. The normalized spacial score (nSPS) is 10.4. The van der Waals surface area contributed by atoms with E-state index in [9.17, 15) is 13.2 Å². The van der Waals surface area contributed by atoms with E-state index in [1.54, 1.807) is 12.1 Å². The van der Waals surface area contributed by atoms with Crippen LogP contribution in [-0.2, 0) is 6.54 Å². The Morgan fingerprint density at radius 1 is 0.944 bits per heavy atom. The minimum Gasteiger partial charge on any atom is -0.379 e. The van der Waals surface area contributed by atoms with E-state index >= 15 is 0 Å². The van der Waals surface area contributed by atoms with Crippen molar-refractivity contribution in [1.82, 2.24) is 0 Å². The van der Waals surface area contributed by atoms with Crippen molar-refractivity contribution >= 4 is 21.6 Å². The van der Waals surface area contributed by atoms with Gasteiger partial charge in [-0.05, 0) is 39.7 Å². The summed E-state index contributed by atoms with van der Waals surface area (Å²) in [5.41, 5.74) is 0.846. The number of benzene rings is 2. The molecule has 2 aromatic rings. The highest BCUT2D eigenvalue weighted by Gasteiger charge is 2.07. The maximum absolute atomic E-state index is 13.5. The van der Waals surface area contributed by atoms with E-state index in [0.29, 0.717) is 0 Å². The second-order valence-corrected chi connectivity index (χ2v) is 4.58. The zero-order valence-electron chi connectivity index (χ0n) is 9.18. The molecule has 1 N–H and O–H groups in total. The van der Waals surface area contributed by atoms with Gasteiger partial charge in [0.25, 0.3) is 0 Å². The zero-order chi connectivity index (χ0) is 13.1. The molecular weight excluding hydrogens is 307 g/mol. The van der Waals surface area contributed by atoms with Crippen molar-refractivity contribution in [3.05, 3.63) is 63.9 Å². The van der Waals surface area contributed by atoms with Gasteiger partial charge in [0.05, 0.1) is 10.2 Å². The van der Waals surface area contributed by atoms with Gasteiger partial charge in [-0.1, -0.05) is 12.1 Å². The Morgan fingerprint density at radius 2 is 1.61 bits per heavy atom. The summed E-state index contributed by atoms with van der Waals surface area (Å²) in [7, 11) is 0. The Balaban J connectivity index is 2.10. The molecule has 2 rings (SSSR count). The largest absolute Gasteiger partial charge is 0.379 e. The molecule has 0 aliphatic rings. The topological polar surface area (TPSA) is 12.0 Å². The van der Waals surface area contributed by atoms with Gasteiger partial charge in [-0.25, -0.2) is 13.2 Å². The molecule has 0 saturated heterocycles. The monoisotopic (exact) mass is 315 g/mol. The lowest BCUT2D eigenvalue weighted by molar-refractivity contribution is 0.596. The molecule has 0 spiro atoms. The molecule has 5 heteroatoms. The SMILES string of the molecule is Fc1ccc(CNc2cc(F)c(Br)cc2F)cc1. The van der Waals surface area contributed by atoms with Crippen LogP contribution < -0.4 is 5.32 Å². The molecule has 0 aliphatic heterocycles. The fraction of sp³-hybridized carbons (Fsp3) is 0.0769. The predicted octanol–water partition coefficient (Wildman–Crippen LogP) is 4.48. The fourth-order valence-electron chi connectivity index (χ4n) is 1.46. The van der Waals surface area contributed by atoms with Crippen LogP contribution in [0.2, 0.25) is 0 Å². The quantitative estimate of drug-likeness (QED) is 0.823. The summed E-state index contributed by atoms with van der Waals surface area (Å²) >= 11 is 2.90. The van der Waals surface area contributed by atoms with E-state index in [0.717, 1.165) is 17.7 Å². The summed E-state index contributed by atoms with van der Waals surface area (Å²) in [6.45, 7) is 0.290. The third kappa shape index (κ3) is 3.04. The van der Waals surface area contributed by atoms with Gasteiger partial charge < -0.3 is 5.32 Å². The van der Waals surface area contributed by atoms with Crippen molar-refractivity contribution in [2.24, 2.45) is 0 Å². The van der Waals surface area contributed by atoms with Gasteiger partial charge in [-0.2, -0.15) is 0 Å². The van der Waals surface area contributed by atoms with Crippen LogP contribution in [0.3, 0.4) is 0 Å². The molecule has 0 amide bonds. The molecule has 0 fully saturated rings.